The summed E-state index contributed by atoms with van der Waals surface area (Å²) in [5.74, 6) is 1.33. The fourth-order valence-corrected chi connectivity index (χ4v) is 2.03. The molecular formula is C21H21NO3. The van der Waals surface area contributed by atoms with Crippen molar-refractivity contribution in [2.75, 3.05) is 0 Å². The van der Waals surface area contributed by atoms with Crippen LogP contribution < -0.4 is 15.2 Å². The Morgan fingerprint density at radius 2 is 1.80 bits per heavy atom. The molecule has 0 bridgehead atoms. The second-order valence-electron chi connectivity index (χ2n) is 5.58. The van der Waals surface area contributed by atoms with Gasteiger partial charge < -0.3 is 15.2 Å². The number of primary amides is 1. The number of ether oxygens (including phenoxy) is 2. The standard InChI is InChI=1S/C21H21NO3/c1-15(2)10-11-16(3)25-20-9-5-8-19(13-20)24-14-17-6-4-7-18(12-17)21(22)23/h4-13H,1,3,14H2,2H3,(H2,22,23)/b11-10-. The van der Waals surface area contributed by atoms with Crippen LogP contribution in [0.5, 0.6) is 11.5 Å². The van der Waals surface area contributed by atoms with Gasteiger partial charge in [-0.15, -0.1) is 0 Å². The predicted octanol–water partition coefficient (Wildman–Crippen LogP) is 4.39. The van der Waals surface area contributed by atoms with Crippen LogP contribution >= 0.6 is 0 Å². The molecule has 25 heavy (non-hydrogen) atoms. The van der Waals surface area contributed by atoms with Crippen LogP contribution in [-0.2, 0) is 6.61 Å². The molecule has 1 amide bonds. The van der Waals surface area contributed by atoms with Gasteiger partial charge in [0.15, 0.2) is 0 Å². The molecule has 0 aliphatic rings. The van der Waals surface area contributed by atoms with Gasteiger partial charge in [-0.25, -0.2) is 0 Å². The molecule has 2 aromatic rings. The SMILES string of the molecule is C=C(C)/C=C\C(=C)Oc1cccc(OCc2cccc(C(N)=O)c2)c1. The van der Waals surface area contributed by atoms with Crippen molar-refractivity contribution < 1.29 is 14.3 Å². The van der Waals surface area contributed by atoms with Crippen LogP contribution in [0.2, 0.25) is 0 Å². The molecule has 4 heteroatoms. The van der Waals surface area contributed by atoms with Crippen LogP contribution in [0.15, 0.2) is 85.2 Å². The topological polar surface area (TPSA) is 61.6 Å². The van der Waals surface area contributed by atoms with E-state index in [0.29, 0.717) is 29.4 Å². The van der Waals surface area contributed by atoms with Gasteiger partial charge in [0, 0.05) is 11.6 Å². The molecule has 0 fully saturated rings. The summed E-state index contributed by atoms with van der Waals surface area (Å²) in [5.41, 5.74) is 7.52. The quantitative estimate of drug-likeness (QED) is 0.575. The zero-order valence-electron chi connectivity index (χ0n) is 14.2. The molecular weight excluding hydrogens is 314 g/mol. The summed E-state index contributed by atoms with van der Waals surface area (Å²) in [5, 5.41) is 0. The van der Waals surface area contributed by atoms with Gasteiger partial charge in [-0.05, 0) is 42.8 Å². The summed E-state index contributed by atoms with van der Waals surface area (Å²) in [7, 11) is 0. The van der Waals surface area contributed by atoms with Gasteiger partial charge in [-0.3, -0.25) is 4.79 Å². The number of rotatable bonds is 8. The molecule has 0 atom stereocenters. The lowest BCUT2D eigenvalue weighted by Crippen LogP contribution is -2.11. The van der Waals surface area contributed by atoms with Gasteiger partial charge in [0.1, 0.15) is 23.9 Å². The number of hydrogen-bond acceptors (Lipinski definition) is 3. The van der Waals surface area contributed by atoms with Crippen molar-refractivity contribution in [3.63, 3.8) is 0 Å². The first-order chi connectivity index (χ1) is 11.9. The maximum absolute atomic E-state index is 11.2. The van der Waals surface area contributed by atoms with Crippen molar-refractivity contribution >= 4 is 5.91 Å². The van der Waals surface area contributed by atoms with Gasteiger partial charge in [-0.2, -0.15) is 0 Å². The first-order valence-corrected chi connectivity index (χ1v) is 7.76. The smallest absolute Gasteiger partial charge is 0.248 e. The van der Waals surface area contributed by atoms with Crippen molar-refractivity contribution in [2.45, 2.75) is 13.5 Å². The summed E-state index contributed by atoms with van der Waals surface area (Å²) in [6.45, 7) is 9.84. The number of carbonyl (C=O) groups is 1. The maximum Gasteiger partial charge on any atom is 0.248 e. The summed E-state index contributed by atoms with van der Waals surface area (Å²) in [6.07, 6.45) is 3.58. The minimum atomic E-state index is -0.460. The first-order valence-electron chi connectivity index (χ1n) is 7.76. The monoisotopic (exact) mass is 335 g/mol. The Labute approximate surface area is 147 Å². The molecule has 4 nitrogen and oxygen atoms in total. The van der Waals surface area contributed by atoms with Crippen molar-refractivity contribution in [1.82, 2.24) is 0 Å². The highest BCUT2D eigenvalue weighted by atomic mass is 16.5. The van der Waals surface area contributed by atoms with Crippen molar-refractivity contribution in [1.29, 1.82) is 0 Å². The lowest BCUT2D eigenvalue weighted by Gasteiger charge is -2.10. The van der Waals surface area contributed by atoms with E-state index in [1.54, 1.807) is 30.3 Å². The average Bonchev–Trinajstić information content (AvgIpc) is 2.59. The van der Waals surface area contributed by atoms with Gasteiger partial charge in [-0.1, -0.05) is 43.0 Å². The second-order valence-corrected chi connectivity index (χ2v) is 5.58. The highest BCUT2D eigenvalue weighted by Crippen LogP contribution is 2.22. The molecule has 2 rings (SSSR count). The molecule has 0 saturated heterocycles. The Hall–Kier alpha value is -3.27. The summed E-state index contributed by atoms with van der Waals surface area (Å²) < 4.78 is 11.4. The number of benzene rings is 2. The number of allylic oxidation sites excluding steroid dienone is 3. The van der Waals surface area contributed by atoms with Gasteiger partial charge in [0.05, 0.1) is 0 Å². The number of carbonyl (C=O) groups excluding carboxylic acids is 1. The van der Waals surface area contributed by atoms with E-state index in [9.17, 15) is 4.79 Å². The van der Waals surface area contributed by atoms with E-state index in [-0.39, 0.29) is 0 Å². The maximum atomic E-state index is 11.2. The highest BCUT2D eigenvalue weighted by molar-refractivity contribution is 5.92. The van der Waals surface area contributed by atoms with E-state index in [4.69, 9.17) is 15.2 Å². The fraction of sp³-hybridized carbons (Fsp3) is 0.0952. The Morgan fingerprint density at radius 1 is 1.08 bits per heavy atom. The van der Waals surface area contributed by atoms with Crippen LogP contribution in [0.4, 0.5) is 0 Å². The van der Waals surface area contributed by atoms with E-state index in [2.05, 4.69) is 13.2 Å². The van der Waals surface area contributed by atoms with E-state index < -0.39 is 5.91 Å². The van der Waals surface area contributed by atoms with Crippen LogP contribution in [0.25, 0.3) is 0 Å². The molecule has 0 heterocycles. The molecule has 128 valence electrons. The Morgan fingerprint density at radius 3 is 2.52 bits per heavy atom. The zero-order chi connectivity index (χ0) is 18.2. The van der Waals surface area contributed by atoms with Gasteiger partial charge in [0.25, 0.3) is 0 Å². The summed E-state index contributed by atoms with van der Waals surface area (Å²) in [4.78, 5) is 11.2. The third-order valence-corrected chi connectivity index (χ3v) is 3.23. The zero-order valence-corrected chi connectivity index (χ0v) is 14.2. The van der Waals surface area contributed by atoms with Crippen LogP contribution in [0.3, 0.4) is 0 Å². The third kappa shape index (κ3) is 6.03. The number of hydrogen-bond donors (Lipinski definition) is 1. The summed E-state index contributed by atoms with van der Waals surface area (Å²) in [6, 6.07) is 14.3. The predicted molar refractivity (Wildman–Crippen MR) is 99.5 cm³/mol. The van der Waals surface area contributed by atoms with E-state index in [0.717, 1.165) is 11.1 Å². The number of amides is 1. The molecule has 0 spiro atoms. The van der Waals surface area contributed by atoms with Crippen molar-refractivity contribution in [2.24, 2.45) is 5.73 Å². The van der Waals surface area contributed by atoms with Crippen LogP contribution in [0, 0.1) is 0 Å². The van der Waals surface area contributed by atoms with Crippen LogP contribution in [-0.4, -0.2) is 5.91 Å². The Kier molecular flexibility index (Phi) is 6.18. The fourth-order valence-electron chi connectivity index (χ4n) is 2.03. The lowest BCUT2D eigenvalue weighted by molar-refractivity contribution is 0.1000. The van der Waals surface area contributed by atoms with Crippen molar-refractivity contribution in [3.05, 3.63) is 96.3 Å². The second kappa shape index (κ2) is 8.55. The molecule has 0 aliphatic carbocycles. The molecule has 2 aromatic carbocycles. The van der Waals surface area contributed by atoms with Crippen LogP contribution in [0.1, 0.15) is 22.8 Å². The number of nitrogens with two attached hydrogens (primary N) is 1. The van der Waals surface area contributed by atoms with Gasteiger partial charge >= 0.3 is 0 Å². The normalized spacial score (nSPS) is 10.4. The Balaban J connectivity index is 1.99. The molecule has 0 saturated carbocycles. The molecule has 0 aromatic heterocycles. The molecule has 2 N–H and O–H groups in total. The average molecular weight is 335 g/mol. The lowest BCUT2D eigenvalue weighted by atomic mass is 10.1. The minimum Gasteiger partial charge on any atom is -0.489 e. The summed E-state index contributed by atoms with van der Waals surface area (Å²) >= 11 is 0. The molecule has 0 aliphatic heterocycles. The van der Waals surface area contributed by atoms with E-state index >= 15 is 0 Å². The van der Waals surface area contributed by atoms with E-state index in [1.165, 1.54) is 0 Å². The van der Waals surface area contributed by atoms with Crippen molar-refractivity contribution in [3.8, 4) is 11.5 Å². The highest BCUT2D eigenvalue weighted by Gasteiger charge is 2.03. The largest absolute Gasteiger partial charge is 0.489 e. The molecule has 0 unspecified atom stereocenters. The third-order valence-electron chi connectivity index (χ3n) is 3.23. The molecule has 0 radical (unpaired) electrons. The minimum absolute atomic E-state index is 0.321. The van der Waals surface area contributed by atoms with Gasteiger partial charge in [0.2, 0.25) is 5.91 Å². The van der Waals surface area contributed by atoms with E-state index in [1.807, 2.05) is 37.3 Å². The Bertz CT molecular complexity index is 821. The first kappa shape index (κ1) is 18.1.